The predicted molar refractivity (Wildman–Crippen MR) is 118 cm³/mol. The number of nitrogens with one attached hydrogen (secondary N) is 2. The first-order chi connectivity index (χ1) is 13.0. The molecule has 0 spiro atoms. The number of unbranched alkanes of at least 4 members (excludes halogenated alkanes) is 1. The highest BCUT2D eigenvalue weighted by Gasteiger charge is 2.09. The van der Waals surface area contributed by atoms with Crippen LogP contribution in [0.1, 0.15) is 30.9 Å². The van der Waals surface area contributed by atoms with E-state index in [-0.39, 0.29) is 17.4 Å². The number of carbonyl (C=O) groups excluding carboxylic acids is 1. The number of thiocarbonyl (C=S) groups is 1. The lowest BCUT2D eigenvalue weighted by Gasteiger charge is -2.07. The average Bonchev–Trinajstić information content (AvgIpc) is 3.02. The van der Waals surface area contributed by atoms with Crippen LogP contribution in [0.15, 0.2) is 42.5 Å². The lowest BCUT2D eigenvalue weighted by atomic mass is 10.1. The number of fused-ring (bicyclic) bond motifs is 1. The number of halogens is 1. The molecule has 0 unspecified atom stereocenters. The fourth-order valence-electron chi connectivity index (χ4n) is 2.65. The largest absolute Gasteiger partial charge is 0.308 e. The van der Waals surface area contributed by atoms with Crippen molar-refractivity contribution in [3.63, 3.8) is 0 Å². The minimum atomic E-state index is -0.183. The van der Waals surface area contributed by atoms with Crippen LogP contribution >= 0.6 is 35.2 Å². The summed E-state index contributed by atoms with van der Waals surface area (Å²) in [6, 6.07) is 13.5. The minimum absolute atomic E-state index is 0.183. The monoisotopic (exact) mass is 417 g/mol. The molecule has 0 bridgehead atoms. The van der Waals surface area contributed by atoms with Gasteiger partial charge in [0.15, 0.2) is 10.2 Å². The van der Waals surface area contributed by atoms with E-state index in [1.54, 1.807) is 12.1 Å². The first kappa shape index (κ1) is 19.7. The summed E-state index contributed by atoms with van der Waals surface area (Å²) in [6.07, 6.45) is 3.67. The van der Waals surface area contributed by atoms with Gasteiger partial charge in [-0.1, -0.05) is 54.5 Å². The van der Waals surface area contributed by atoms with E-state index in [2.05, 4.69) is 34.7 Å². The summed E-state index contributed by atoms with van der Waals surface area (Å²) in [4.78, 5) is 16.7. The molecular weight excluding hydrogens is 398 g/mol. The highest BCUT2D eigenvalue weighted by Crippen LogP contribution is 2.27. The SMILES string of the molecule is CCCCc1ccc2nc(NC(=S)NC(=O)Cc3ccc(Cl)cc3)sc2c1. The third-order valence-corrected chi connectivity index (χ3v) is 5.41. The van der Waals surface area contributed by atoms with Crippen LogP contribution in [-0.4, -0.2) is 16.0 Å². The van der Waals surface area contributed by atoms with Crippen LogP contribution in [0.2, 0.25) is 5.02 Å². The summed E-state index contributed by atoms with van der Waals surface area (Å²) in [7, 11) is 0. The molecular formula is C20H20ClN3OS2. The lowest BCUT2D eigenvalue weighted by Crippen LogP contribution is -2.35. The zero-order chi connectivity index (χ0) is 19.2. The Kier molecular flexibility index (Phi) is 6.77. The molecule has 140 valence electrons. The first-order valence-electron chi connectivity index (χ1n) is 8.78. The fraction of sp³-hybridized carbons (Fsp3) is 0.250. The van der Waals surface area contributed by atoms with Gasteiger partial charge < -0.3 is 10.6 Å². The molecule has 3 rings (SSSR count). The second-order valence-electron chi connectivity index (χ2n) is 6.23. The molecule has 0 atom stereocenters. The van der Waals surface area contributed by atoms with Gasteiger partial charge in [0.25, 0.3) is 0 Å². The molecule has 0 aliphatic heterocycles. The van der Waals surface area contributed by atoms with Gasteiger partial charge >= 0.3 is 0 Å². The van der Waals surface area contributed by atoms with Gasteiger partial charge in [0, 0.05) is 5.02 Å². The Bertz CT molecular complexity index is 954. The van der Waals surface area contributed by atoms with Crippen molar-refractivity contribution in [2.75, 3.05) is 5.32 Å². The number of rotatable bonds is 6. The molecule has 7 heteroatoms. The van der Waals surface area contributed by atoms with E-state index in [4.69, 9.17) is 23.8 Å². The average molecular weight is 418 g/mol. The Labute approximate surface area is 173 Å². The number of thiazole rings is 1. The van der Waals surface area contributed by atoms with Crippen molar-refractivity contribution >= 4 is 61.5 Å². The standard InChI is InChI=1S/C20H20ClN3OS2/c1-2-3-4-13-7-10-16-17(11-13)27-20(22-16)24-19(26)23-18(25)12-14-5-8-15(21)9-6-14/h5-11H,2-4,12H2,1H3,(H2,22,23,24,25,26). The molecule has 2 N–H and O–H groups in total. The number of amides is 1. The van der Waals surface area contributed by atoms with Crippen molar-refractivity contribution < 1.29 is 4.79 Å². The topological polar surface area (TPSA) is 54.0 Å². The van der Waals surface area contributed by atoms with E-state index in [1.807, 2.05) is 18.2 Å². The summed E-state index contributed by atoms with van der Waals surface area (Å²) in [6.45, 7) is 2.19. The van der Waals surface area contributed by atoms with Crippen LogP contribution in [-0.2, 0) is 17.6 Å². The second kappa shape index (κ2) is 9.26. The number of aryl methyl sites for hydroxylation is 1. The fourth-order valence-corrected chi connectivity index (χ4v) is 3.98. The molecule has 0 radical (unpaired) electrons. The number of nitrogens with zero attached hydrogens (tertiary/aromatic N) is 1. The van der Waals surface area contributed by atoms with Crippen molar-refractivity contribution in [3.8, 4) is 0 Å². The highest BCUT2D eigenvalue weighted by atomic mass is 35.5. The van der Waals surface area contributed by atoms with E-state index in [0.29, 0.717) is 10.2 Å². The molecule has 0 saturated carbocycles. The van der Waals surface area contributed by atoms with Gasteiger partial charge in [0.05, 0.1) is 16.6 Å². The molecule has 4 nitrogen and oxygen atoms in total. The molecule has 0 fully saturated rings. The summed E-state index contributed by atoms with van der Waals surface area (Å²) < 4.78 is 1.11. The molecule has 1 heterocycles. The number of hydrogen-bond acceptors (Lipinski definition) is 4. The Hall–Kier alpha value is -2.02. The van der Waals surface area contributed by atoms with Crippen molar-refractivity contribution in [1.29, 1.82) is 0 Å². The summed E-state index contributed by atoms with van der Waals surface area (Å²) in [5.74, 6) is -0.183. The minimum Gasteiger partial charge on any atom is -0.308 e. The Balaban J connectivity index is 1.58. The van der Waals surface area contributed by atoms with Crippen molar-refractivity contribution in [2.24, 2.45) is 0 Å². The van der Waals surface area contributed by atoms with Gasteiger partial charge in [-0.15, -0.1) is 0 Å². The third-order valence-electron chi connectivity index (χ3n) is 4.02. The summed E-state index contributed by atoms with van der Waals surface area (Å²) in [5, 5.41) is 7.26. The number of hydrogen-bond donors (Lipinski definition) is 2. The molecule has 2 aromatic carbocycles. The Morgan fingerprint density at radius 1 is 1.19 bits per heavy atom. The van der Waals surface area contributed by atoms with Gasteiger partial charge in [0.2, 0.25) is 5.91 Å². The highest BCUT2D eigenvalue weighted by molar-refractivity contribution is 7.80. The quantitative estimate of drug-likeness (QED) is 0.531. The number of carbonyl (C=O) groups is 1. The van der Waals surface area contributed by atoms with E-state index in [9.17, 15) is 4.79 Å². The lowest BCUT2D eigenvalue weighted by molar-refractivity contribution is -0.119. The van der Waals surface area contributed by atoms with E-state index >= 15 is 0 Å². The van der Waals surface area contributed by atoms with Crippen LogP contribution in [0.5, 0.6) is 0 Å². The van der Waals surface area contributed by atoms with Crippen LogP contribution in [0.4, 0.5) is 5.13 Å². The molecule has 1 aromatic heterocycles. The zero-order valence-corrected chi connectivity index (χ0v) is 17.3. The molecule has 0 saturated heterocycles. The van der Waals surface area contributed by atoms with Gasteiger partial charge in [-0.25, -0.2) is 4.98 Å². The Morgan fingerprint density at radius 3 is 2.67 bits per heavy atom. The molecule has 1 amide bonds. The van der Waals surface area contributed by atoms with Gasteiger partial charge in [0.1, 0.15) is 0 Å². The van der Waals surface area contributed by atoms with Crippen LogP contribution in [0.3, 0.4) is 0 Å². The van der Waals surface area contributed by atoms with Crippen LogP contribution in [0, 0.1) is 0 Å². The summed E-state index contributed by atoms with van der Waals surface area (Å²) >= 11 is 12.6. The molecule has 0 aliphatic rings. The maximum absolute atomic E-state index is 12.1. The van der Waals surface area contributed by atoms with Crippen molar-refractivity contribution in [1.82, 2.24) is 10.3 Å². The number of benzene rings is 2. The Morgan fingerprint density at radius 2 is 1.93 bits per heavy atom. The molecule has 27 heavy (non-hydrogen) atoms. The smallest absolute Gasteiger partial charge is 0.230 e. The predicted octanol–water partition coefficient (Wildman–Crippen LogP) is 5.35. The van der Waals surface area contributed by atoms with Crippen LogP contribution in [0.25, 0.3) is 10.2 Å². The maximum atomic E-state index is 12.1. The molecule has 0 aliphatic carbocycles. The first-order valence-corrected chi connectivity index (χ1v) is 10.4. The number of aromatic nitrogens is 1. The van der Waals surface area contributed by atoms with Gasteiger partial charge in [-0.3, -0.25) is 4.79 Å². The third kappa shape index (κ3) is 5.73. The van der Waals surface area contributed by atoms with Gasteiger partial charge in [-0.2, -0.15) is 0 Å². The zero-order valence-electron chi connectivity index (χ0n) is 14.9. The van der Waals surface area contributed by atoms with Crippen molar-refractivity contribution in [2.45, 2.75) is 32.6 Å². The second-order valence-corrected chi connectivity index (χ2v) is 8.11. The van der Waals surface area contributed by atoms with Crippen LogP contribution < -0.4 is 10.6 Å². The normalized spacial score (nSPS) is 10.7. The summed E-state index contributed by atoms with van der Waals surface area (Å²) in [5.41, 5.74) is 3.12. The van der Waals surface area contributed by atoms with Gasteiger partial charge in [-0.05, 0) is 60.5 Å². The van der Waals surface area contributed by atoms with E-state index in [0.717, 1.165) is 22.2 Å². The van der Waals surface area contributed by atoms with E-state index in [1.165, 1.54) is 29.7 Å². The molecule has 3 aromatic rings. The maximum Gasteiger partial charge on any atom is 0.230 e. The number of anilines is 1. The van der Waals surface area contributed by atoms with E-state index < -0.39 is 0 Å². The van der Waals surface area contributed by atoms with Crippen molar-refractivity contribution in [3.05, 3.63) is 58.6 Å².